The second kappa shape index (κ2) is 10.6. The number of allylic oxidation sites excluding steroid dienone is 1. The van der Waals surface area contributed by atoms with Gasteiger partial charge < -0.3 is 20.1 Å². The topological polar surface area (TPSA) is 95.9 Å². The van der Waals surface area contributed by atoms with Crippen LogP contribution >= 0.6 is 0 Å². The Labute approximate surface area is 187 Å². The van der Waals surface area contributed by atoms with Gasteiger partial charge in [0.15, 0.2) is 0 Å². The molecule has 0 spiro atoms. The Kier molecular flexibility index (Phi) is 7.65. The van der Waals surface area contributed by atoms with Gasteiger partial charge in [-0.3, -0.25) is 9.59 Å². The van der Waals surface area contributed by atoms with Gasteiger partial charge in [-0.05, 0) is 42.0 Å². The van der Waals surface area contributed by atoms with E-state index in [1.165, 1.54) is 4.90 Å². The van der Waals surface area contributed by atoms with Crippen molar-refractivity contribution in [2.45, 2.75) is 31.7 Å². The number of carbonyl (C=O) groups excluding carboxylic acids is 2. The van der Waals surface area contributed by atoms with Crippen LogP contribution in [-0.4, -0.2) is 53.7 Å². The van der Waals surface area contributed by atoms with E-state index < -0.39 is 30.6 Å². The van der Waals surface area contributed by atoms with Crippen LogP contribution in [0, 0.1) is 0 Å². The third kappa shape index (κ3) is 5.17. The molecular formula is C25H28N2O5. The lowest BCUT2D eigenvalue weighted by atomic mass is 9.98. The number of rotatable bonds is 10. The summed E-state index contributed by atoms with van der Waals surface area (Å²) in [5.41, 5.74) is 4.45. The van der Waals surface area contributed by atoms with Crippen LogP contribution in [0.15, 0.2) is 61.2 Å². The third-order valence-electron chi connectivity index (χ3n) is 5.61. The second-order valence-corrected chi connectivity index (χ2v) is 7.63. The first-order valence-corrected chi connectivity index (χ1v) is 10.7. The highest BCUT2D eigenvalue weighted by Gasteiger charge is 2.30. The van der Waals surface area contributed by atoms with Gasteiger partial charge in [-0.25, -0.2) is 4.79 Å². The Hall–Kier alpha value is -3.61. The van der Waals surface area contributed by atoms with Gasteiger partial charge in [0.25, 0.3) is 0 Å². The summed E-state index contributed by atoms with van der Waals surface area (Å²) in [7, 11) is 0. The van der Waals surface area contributed by atoms with Crippen molar-refractivity contribution >= 4 is 18.0 Å². The van der Waals surface area contributed by atoms with Crippen molar-refractivity contribution in [1.29, 1.82) is 0 Å². The van der Waals surface area contributed by atoms with Crippen molar-refractivity contribution in [3.63, 3.8) is 0 Å². The molecule has 7 nitrogen and oxygen atoms in total. The Morgan fingerprint density at radius 3 is 2.25 bits per heavy atom. The predicted molar refractivity (Wildman–Crippen MR) is 121 cm³/mol. The summed E-state index contributed by atoms with van der Waals surface area (Å²) in [5, 5.41) is 11.7. The summed E-state index contributed by atoms with van der Waals surface area (Å²) in [5.74, 6) is -1.65. The molecule has 1 aliphatic rings. The molecule has 1 unspecified atom stereocenters. The number of carboxylic acids is 1. The van der Waals surface area contributed by atoms with Gasteiger partial charge in [0.05, 0.1) is 0 Å². The van der Waals surface area contributed by atoms with Crippen LogP contribution in [0.2, 0.25) is 0 Å². The van der Waals surface area contributed by atoms with Crippen molar-refractivity contribution in [3.8, 4) is 11.1 Å². The number of benzene rings is 2. The van der Waals surface area contributed by atoms with Crippen molar-refractivity contribution < 1.29 is 24.2 Å². The number of fused-ring (bicyclic) bond motifs is 3. The van der Waals surface area contributed by atoms with E-state index in [4.69, 9.17) is 9.84 Å². The standard InChI is InChI=1S/C25H28N2O5/c1-3-5-14-22(24(30)27(4-2)15-23(28)29)26-25(31)32-16-21-19-12-8-6-10-17(19)18-11-7-9-13-20(18)21/h3,6-13,21-22H,1,4-5,14-16H2,2H3,(H,26,31)(H,28,29). The first-order chi connectivity index (χ1) is 15.5. The molecule has 2 aromatic carbocycles. The lowest BCUT2D eigenvalue weighted by molar-refractivity contribution is -0.145. The summed E-state index contributed by atoms with van der Waals surface area (Å²) in [6, 6.07) is 15.2. The molecule has 0 heterocycles. The number of alkyl carbamates (subject to hydrolysis) is 1. The molecule has 0 saturated carbocycles. The smallest absolute Gasteiger partial charge is 0.407 e. The summed E-state index contributed by atoms with van der Waals surface area (Å²) in [6.07, 6.45) is 1.74. The lowest BCUT2D eigenvalue weighted by Gasteiger charge is -2.25. The quantitative estimate of drug-likeness (QED) is 0.553. The number of hydrogen-bond donors (Lipinski definition) is 2. The van der Waals surface area contributed by atoms with E-state index in [2.05, 4.69) is 24.0 Å². The minimum atomic E-state index is -1.11. The number of aliphatic carboxylic acids is 1. The van der Waals surface area contributed by atoms with Crippen LogP contribution in [0.5, 0.6) is 0 Å². The van der Waals surface area contributed by atoms with Crippen LogP contribution in [0.25, 0.3) is 11.1 Å². The molecule has 2 N–H and O–H groups in total. The maximum Gasteiger partial charge on any atom is 0.407 e. The molecule has 7 heteroatoms. The molecule has 0 saturated heterocycles. The van der Waals surface area contributed by atoms with Crippen LogP contribution in [0.4, 0.5) is 4.79 Å². The first-order valence-electron chi connectivity index (χ1n) is 10.7. The van der Waals surface area contributed by atoms with Gasteiger partial charge in [-0.2, -0.15) is 0 Å². The lowest BCUT2D eigenvalue weighted by Crippen LogP contribution is -2.50. The van der Waals surface area contributed by atoms with Gasteiger partial charge >= 0.3 is 12.1 Å². The predicted octanol–water partition coefficient (Wildman–Crippen LogP) is 3.79. The highest BCUT2D eigenvalue weighted by Crippen LogP contribution is 2.44. The molecule has 2 aromatic rings. The molecule has 168 valence electrons. The van der Waals surface area contributed by atoms with Crippen LogP contribution in [-0.2, 0) is 14.3 Å². The Morgan fingerprint density at radius 2 is 1.72 bits per heavy atom. The number of ether oxygens (including phenoxy) is 1. The number of carboxylic acid groups (broad SMARTS) is 1. The van der Waals surface area contributed by atoms with Crippen LogP contribution in [0.1, 0.15) is 36.8 Å². The minimum absolute atomic E-state index is 0.0883. The van der Waals surface area contributed by atoms with Crippen LogP contribution in [0.3, 0.4) is 0 Å². The van der Waals surface area contributed by atoms with E-state index in [0.717, 1.165) is 22.3 Å². The SMILES string of the molecule is C=CCCC(NC(=O)OCC1c2ccccc2-c2ccccc21)C(=O)N(CC)CC(=O)O. The van der Waals surface area contributed by atoms with Gasteiger partial charge in [-0.15, -0.1) is 6.58 Å². The Morgan fingerprint density at radius 1 is 1.12 bits per heavy atom. The van der Waals surface area contributed by atoms with E-state index in [0.29, 0.717) is 12.8 Å². The number of nitrogens with one attached hydrogen (secondary N) is 1. The number of amides is 2. The molecule has 0 aromatic heterocycles. The summed E-state index contributed by atoms with van der Waals surface area (Å²) < 4.78 is 5.53. The van der Waals surface area contributed by atoms with Gasteiger partial charge in [0, 0.05) is 12.5 Å². The maximum atomic E-state index is 12.8. The highest BCUT2D eigenvalue weighted by atomic mass is 16.5. The van der Waals surface area contributed by atoms with Crippen molar-refractivity contribution in [3.05, 3.63) is 72.3 Å². The number of nitrogens with zero attached hydrogens (tertiary/aromatic N) is 1. The zero-order valence-electron chi connectivity index (χ0n) is 18.1. The van der Waals surface area contributed by atoms with E-state index in [9.17, 15) is 14.4 Å². The molecule has 1 aliphatic carbocycles. The number of likely N-dealkylation sites (N-methyl/N-ethyl adjacent to an activating group) is 1. The van der Waals surface area contributed by atoms with E-state index in [-0.39, 0.29) is 19.1 Å². The molecule has 0 radical (unpaired) electrons. The molecule has 0 aliphatic heterocycles. The zero-order valence-corrected chi connectivity index (χ0v) is 18.1. The maximum absolute atomic E-state index is 12.8. The van der Waals surface area contributed by atoms with Crippen molar-refractivity contribution in [2.75, 3.05) is 19.7 Å². The third-order valence-corrected chi connectivity index (χ3v) is 5.61. The summed E-state index contributed by atoms with van der Waals surface area (Å²) in [4.78, 5) is 37.6. The highest BCUT2D eigenvalue weighted by molar-refractivity contribution is 5.88. The van der Waals surface area contributed by atoms with Gasteiger partial charge in [0.1, 0.15) is 19.2 Å². The molecule has 0 fully saturated rings. The van der Waals surface area contributed by atoms with E-state index >= 15 is 0 Å². The number of carbonyl (C=O) groups is 3. The van der Waals surface area contributed by atoms with Gasteiger partial charge in [-0.1, -0.05) is 54.6 Å². The second-order valence-electron chi connectivity index (χ2n) is 7.63. The normalized spacial score (nSPS) is 12.9. The zero-order chi connectivity index (χ0) is 23.1. The average Bonchev–Trinajstić information content (AvgIpc) is 3.12. The molecule has 1 atom stereocenters. The average molecular weight is 437 g/mol. The monoisotopic (exact) mass is 436 g/mol. The van der Waals surface area contributed by atoms with E-state index in [1.807, 2.05) is 36.4 Å². The number of hydrogen-bond acceptors (Lipinski definition) is 4. The fourth-order valence-electron chi connectivity index (χ4n) is 4.05. The minimum Gasteiger partial charge on any atom is -0.480 e. The molecule has 0 bridgehead atoms. The van der Waals surface area contributed by atoms with Crippen molar-refractivity contribution in [1.82, 2.24) is 10.2 Å². The molecular weight excluding hydrogens is 408 g/mol. The fourth-order valence-corrected chi connectivity index (χ4v) is 4.05. The Balaban J connectivity index is 1.68. The molecule has 32 heavy (non-hydrogen) atoms. The van der Waals surface area contributed by atoms with Crippen molar-refractivity contribution in [2.24, 2.45) is 0 Å². The summed E-state index contributed by atoms with van der Waals surface area (Å²) in [6.45, 7) is 5.28. The molecule has 3 rings (SSSR count). The fraction of sp³-hybridized carbons (Fsp3) is 0.320. The van der Waals surface area contributed by atoms with E-state index in [1.54, 1.807) is 13.0 Å². The van der Waals surface area contributed by atoms with Crippen LogP contribution < -0.4 is 5.32 Å². The summed E-state index contributed by atoms with van der Waals surface area (Å²) >= 11 is 0. The largest absolute Gasteiger partial charge is 0.480 e. The molecule has 2 amide bonds. The Bertz CT molecular complexity index is 958. The first kappa shape index (κ1) is 23.1. The van der Waals surface area contributed by atoms with Gasteiger partial charge in [0.2, 0.25) is 5.91 Å².